The van der Waals surface area contributed by atoms with E-state index in [-0.39, 0.29) is 30.2 Å². The second kappa shape index (κ2) is 11.0. The van der Waals surface area contributed by atoms with Crippen molar-refractivity contribution in [2.45, 2.75) is 71.6 Å². The molecule has 8 nitrogen and oxygen atoms in total. The molecule has 40 heavy (non-hydrogen) atoms. The Balaban J connectivity index is 1.85. The summed E-state index contributed by atoms with van der Waals surface area (Å²) in [7, 11) is 0. The minimum absolute atomic E-state index is 0.0154. The van der Waals surface area contributed by atoms with Crippen LogP contribution in [-0.2, 0) is 23.6 Å². The number of alkyl halides is 6. The van der Waals surface area contributed by atoms with Crippen LogP contribution in [0.2, 0.25) is 0 Å². The highest BCUT2D eigenvalue weighted by Crippen LogP contribution is 2.42. The van der Waals surface area contributed by atoms with E-state index >= 15 is 0 Å². The SMILES string of the molecule is Cc1ccc2c(c1C)N(C(=O)OC(C)C)CCC[C@@H]2N(Cc1cc(C(F)(F)F)cc(C(F)(F)F)c1)c1nn[nH]n1. The van der Waals surface area contributed by atoms with Crippen LogP contribution < -0.4 is 9.80 Å². The molecule has 0 unspecified atom stereocenters. The van der Waals surface area contributed by atoms with Crippen molar-refractivity contribution in [3.8, 4) is 0 Å². The van der Waals surface area contributed by atoms with Crippen LogP contribution in [0.25, 0.3) is 0 Å². The highest BCUT2D eigenvalue weighted by molar-refractivity contribution is 5.90. The number of anilines is 2. The molecule has 0 aliphatic carbocycles. The molecule has 3 aromatic rings. The zero-order valence-electron chi connectivity index (χ0n) is 22.2. The van der Waals surface area contributed by atoms with Crippen LogP contribution in [0.3, 0.4) is 0 Å². The third-order valence-electron chi connectivity index (χ3n) is 6.75. The molecule has 1 atom stereocenters. The van der Waals surface area contributed by atoms with Gasteiger partial charge in [0, 0.05) is 13.1 Å². The molecular weight excluding hydrogens is 542 g/mol. The third-order valence-corrected chi connectivity index (χ3v) is 6.75. The van der Waals surface area contributed by atoms with Gasteiger partial charge in [-0.15, -0.1) is 5.10 Å². The molecular formula is C26H28F6N6O2. The summed E-state index contributed by atoms with van der Waals surface area (Å²) in [5.74, 6) is -0.0154. The van der Waals surface area contributed by atoms with Crippen molar-refractivity contribution >= 4 is 17.7 Å². The minimum Gasteiger partial charge on any atom is -0.446 e. The van der Waals surface area contributed by atoms with E-state index in [4.69, 9.17) is 4.74 Å². The first-order chi connectivity index (χ1) is 18.7. The van der Waals surface area contributed by atoms with Crippen LogP contribution in [0.1, 0.15) is 66.1 Å². The third kappa shape index (κ3) is 6.15. The van der Waals surface area contributed by atoms with Gasteiger partial charge in [0.1, 0.15) is 0 Å². The number of carbonyl (C=O) groups excluding carboxylic acids is 1. The summed E-state index contributed by atoms with van der Waals surface area (Å²) in [6.45, 7) is 7.07. The van der Waals surface area contributed by atoms with Gasteiger partial charge in [-0.3, -0.25) is 4.90 Å². The van der Waals surface area contributed by atoms with E-state index in [1.165, 1.54) is 9.80 Å². The summed E-state index contributed by atoms with van der Waals surface area (Å²) in [6, 6.07) is 4.49. The molecule has 4 rings (SSSR count). The van der Waals surface area contributed by atoms with Gasteiger partial charge in [-0.1, -0.05) is 17.2 Å². The fraction of sp³-hybridized carbons (Fsp3) is 0.462. The Hall–Kier alpha value is -3.84. The summed E-state index contributed by atoms with van der Waals surface area (Å²) < 4.78 is 86.9. The van der Waals surface area contributed by atoms with Gasteiger partial charge in [0.15, 0.2) is 0 Å². The zero-order chi connectivity index (χ0) is 29.4. The average Bonchev–Trinajstić information content (AvgIpc) is 3.31. The average molecular weight is 571 g/mol. The number of H-pyrrole nitrogens is 1. The van der Waals surface area contributed by atoms with E-state index in [0.29, 0.717) is 42.8 Å². The molecule has 216 valence electrons. The molecule has 1 N–H and O–H groups in total. The number of amides is 1. The number of halogens is 6. The summed E-state index contributed by atoms with van der Waals surface area (Å²) in [4.78, 5) is 16.1. The van der Waals surface area contributed by atoms with Crippen molar-refractivity contribution < 1.29 is 35.9 Å². The smallest absolute Gasteiger partial charge is 0.416 e. The number of ether oxygens (including phenoxy) is 1. The predicted octanol–water partition coefficient (Wildman–Crippen LogP) is 6.75. The molecule has 0 saturated carbocycles. The van der Waals surface area contributed by atoms with Crippen molar-refractivity contribution in [3.05, 3.63) is 63.7 Å². The van der Waals surface area contributed by atoms with Crippen LogP contribution >= 0.6 is 0 Å². The number of nitrogens with one attached hydrogen (secondary N) is 1. The van der Waals surface area contributed by atoms with Crippen LogP contribution in [0.15, 0.2) is 30.3 Å². The first kappa shape index (κ1) is 29.2. The summed E-state index contributed by atoms with van der Waals surface area (Å²) in [6.07, 6.45) is -10.1. The lowest BCUT2D eigenvalue weighted by Crippen LogP contribution is -2.35. The molecule has 0 bridgehead atoms. The Labute approximate surface area is 226 Å². The molecule has 2 aromatic carbocycles. The summed E-state index contributed by atoms with van der Waals surface area (Å²) >= 11 is 0. The lowest BCUT2D eigenvalue weighted by molar-refractivity contribution is -0.143. The fourth-order valence-corrected chi connectivity index (χ4v) is 4.84. The topological polar surface area (TPSA) is 87.2 Å². The number of aromatic amines is 1. The van der Waals surface area contributed by atoms with Crippen LogP contribution in [0.5, 0.6) is 0 Å². The van der Waals surface area contributed by atoms with Gasteiger partial charge in [0.2, 0.25) is 0 Å². The Morgan fingerprint density at radius 2 is 1.75 bits per heavy atom. The molecule has 1 aliphatic heterocycles. The second-order valence-electron chi connectivity index (χ2n) is 9.94. The lowest BCUT2D eigenvalue weighted by Gasteiger charge is -2.33. The fourth-order valence-electron chi connectivity index (χ4n) is 4.84. The standard InChI is InChI=1S/C26H28F6N6O2/c1-14(2)40-24(39)37-9-5-6-21(20-8-7-15(3)16(4)22(20)37)38(23-33-35-36-34-23)13-17-10-18(25(27,28)29)12-19(11-17)26(30,31)32/h7-8,10-12,14,21H,5-6,9,13H2,1-4H3,(H,33,34,35,36)/t21-/m0/s1. The number of hydrogen-bond donors (Lipinski definition) is 1. The van der Waals surface area contributed by atoms with E-state index in [0.717, 1.165) is 11.1 Å². The monoisotopic (exact) mass is 570 g/mol. The Morgan fingerprint density at radius 1 is 1.10 bits per heavy atom. The molecule has 1 aromatic heterocycles. The number of aryl methyl sites for hydroxylation is 1. The predicted molar refractivity (Wildman–Crippen MR) is 134 cm³/mol. The molecule has 1 amide bonds. The second-order valence-corrected chi connectivity index (χ2v) is 9.94. The van der Waals surface area contributed by atoms with Crippen molar-refractivity contribution in [1.29, 1.82) is 0 Å². The number of nitrogens with zero attached hydrogens (tertiary/aromatic N) is 5. The van der Waals surface area contributed by atoms with Gasteiger partial charge in [-0.25, -0.2) is 4.79 Å². The van der Waals surface area contributed by atoms with E-state index in [2.05, 4.69) is 20.6 Å². The van der Waals surface area contributed by atoms with Gasteiger partial charge < -0.3 is 9.64 Å². The molecule has 0 spiro atoms. The molecule has 1 aliphatic rings. The Kier molecular flexibility index (Phi) is 7.99. The quantitative estimate of drug-likeness (QED) is 0.342. The van der Waals surface area contributed by atoms with E-state index < -0.39 is 35.6 Å². The lowest BCUT2D eigenvalue weighted by atomic mass is 9.94. The summed E-state index contributed by atoms with van der Waals surface area (Å²) in [5.41, 5.74) is -0.188. The minimum atomic E-state index is -4.99. The van der Waals surface area contributed by atoms with E-state index in [9.17, 15) is 31.1 Å². The molecule has 0 fully saturated rings. The number of benzene rings is 2. The molecule has 0 saturated heterocycles. The number of fused-ring (bicyclic) bond motifs is 1. The number of aromatic nitrogens is 4. The van der Waals surface area contributed by atoms with Crippen molar-refractivity contribution in [1.82, 2.24) is 20.6 Å². The first-order valence-corrected chi connectivity index (χ1v) is 12.5. The van der Waals surface area contributed by atoms with Crippen molar-refractivity contribution in [3.63, 3.8) is 0 Å². The number of rotatable bonds is 5. The van der Waals surface area contributed by atoms with Crippen LogP contribution in [-0.4, -0.2) is 39.4 Å². The normalized spacial score (nSPS) is 16.1. The maximum atomic E-state index is 13.6. The molecule has 0 radical (unpaired) electrons. The zero-order valence-corrected chi connectivity index (χ0v) is 22.2. The summed E-state index contributed by atoms with van der Waals surface area (Å²) in [5, 5.41) is 13.8. The number of hydrogen-bond acceptors (Lipinski definition) is 6. The Morgan fingerprint density at radius 3 is 2.30 bits per heavy atom. The van der Waals surface area contributed by atoms with E-state index in [1.54, 1.807) is 19.9 Å². The largest absolute Gasteiger partial charge is 0.446 e. The van der Waals surface area contributed by atoms with Gasteiger partial charge in [-0.2, -0.15) is 31.6 Å². The maximum absolute atomic E-state index is 13.6. The first-order valence-electron chi connectivity index (χ1n) is 12.5. The highest BCUT2D eigenvalue weighted by atomic mass is 19.4. The van der Waals surface area contributed by atoms with Crippen molar-refractivity contribution in [2.75, 3.05) is 16.3 Å². The maximum Gasteiger partial charge on any atom is 0.416 e. The van der Waals surface area contributed by atoms with Crippen LogP contribution in [0.4, 0.5) is 42.8 Å². The number of tetrazole rings is 1. The van der Waals surface area contributed by atoms with Gasteiger partial charge in [-0.05, 0) is 86.2 Å². The Bertz CT molecular complexity index is 1320. The molecule has 14 heteroatoms. The molecule has 2 heterocycles. The number of carbonyl (C=O) groups is 1. The highest BCUT2D eigenvalue weighted by Gasteiger charge is 2.38. The van der Waals surface area contributed by atoms with E-state index in [1.807, 2.05) is 19.9 Å². The van der Waals surface area contributed by atoms with Crippen LogP contribution in [0, 0.1) is 13.8 Å². The van der Waals surface area contributed by atoms with Gasteiger partial charge in [0.25, 0.3) is 5.95 Å². The van der Waals surface area contributed by atoms with Gasteiger partial charge in [0.05, 0.1) is 29.0 Å². The van der Waals surface area contributed by atoms with Crippen molar-refractivity contribution in [2.24, 2.45) is 0 Å². The van der Waals surface area contributed by atoms with Gasteiger partial charge >= 0.3 is 18.4 Å².